The number of aliphatic hydroxyl groups is 1. The number of hydrogen-bond acceptors (Lipinski definition) is 4. The van der Waals surface area contributed by atoms with Gasteiger partial charge in [0, 0.05) is 13.6 Å². The van der Waals surface area contributed by atoms with Crippen molar-refractivity contribution in [3.05, 3.63) is 29.8 Å². The first kappa shape index (κ1) is 14.5. The molecule has 1 aromatic carbocycles. The summed E-state index contributed by atoms with van der Waals surface area (Å²) in [5.41, 5.74) is 6.56. The van der Waals surface area contributed by atoms with Crippen LogP contribution >= 0.6 is 0 Å². The first-order chi connectivity index (χ1) is 8.58. The van der Waals surface area contributed by atoms with Crippen molar-refractivity contribution in [2.45, 2.75) is 12.5 Å². The quantitative estimate of drug-likeness (QED) is 0.748. The Morgan fingerprint density at radius 1 is 1.56 bits per heavy atom. The van der Waals surface area contributed by atoms with Gasteiger partial charge in [-0.05, 0) is 24.1 Å². The van der Waals surface area contributed by atoms with E-state index < -0.39 is 6.04 Å². The summed E-state index contributed by atoms with van der Waals surface area (Å²) in [5.74, 6) is 0.550. The van der Waals surface area contributed by atoms with Crippen LogP contribution in [-0.4, -0.2) is 49.3 Å². The van der Waals surface area contributed by atoms with E-state index in [-0.39, 0.29) is 12.5 Å². The molecule has 0 fully saturated rings. The number of benzene rings is 1. The zero-order valence-electron chi connectivity index (χ0n) is 10.8. The number of aliphatic hydroxyl groups excluding tert-OH is 1. The van der Waals surface area contributed by atoms with Crippen molar-refractivity contribution in [1.82, 2.24) is 4.90 Å². The highest BCUT2D eigenvalue weighted by atomic mass is 16.5. The summed E-state index contributed by atoms with van der Waals surface area (Å²) in [5, 5.41) is 8.82. The summed E-state index contributed by atoms with van der Waals surface area (Å²) in [6, 6.07) is 6.87. The minimum absolute atomic E-state index is 0.250. The number of amides is 1. The van der Waals surface area contributed by atoms with E-state index in [4.69, 9.17) is 15.6 Å². The van der Waals surface area contributed by atoms with Gasteiger partial charge in [-0.3, -0.25) is 4.79 Å². The molecule has 1 aromatic rings. The van der Waals surface area contributed by atoms with Gasteiger partial charge < -0.3 is 20.5 Å². The second-order valence-corrected chi connectivity index (χ2v) is 4.15. The molecule has 1 unspecified atom stereocenters. The Hall–Kier alpha value is -1.59. The fourth-order valence-electron chi connectivity index (χ4n) is 1.60. The van der Waals surface area contributed by atoms with Crippen LogP contribution in [0.15, 0.2) is 24.3 Å². The summed E-state index contributed by atoms with van der Waals surface area (Å²) < 4.78 is 5.13. The van der Waals surface area contributed by atoms with Gasteiger partial charge in [-0.1, -0.05) is 12.1 Å². The lowest BCUT2D eigenvalue weighted by atomic mass is 10.1. The third-order valence-corrected chi connectivity index (χ3v) is 2.76. The molecule has 5 heteroatoms. The van der Waals surface area contributed by atoms with Gasteiger partial charge in [0.2, 0.25) is 5.91 Å². The van der Waals surface area contributed by atoms with Gasteiger partial charge in [0.1, 0.15) is 11.8 Å². The molecule has 5 nitrogen and oxygen atoms in total. The topological polar surface area (TPSA) is 75.8 Å². The van der Waals surface area contributed by atoms with Gasteiger partial charge in [-0.25, -0.2) is 0 Å². The summed E-state index contributed by atoms with van der Waals surface area (Å²) >= 11 is 0. The number of likely N-dealkylation sites (N-methyl/N-ethyl adjacent to an activating group) is 1. The van der Waals surface area contributed by atoms with E-state index in [0.717, 1.165) is 17.7 Å². The van der Waals surface area contributed by atoms with E-state index in [2.05, 4.69) is 0 Å². The van der Waals surface area contributed by atoms with E-state index in [1.165, 1.54) is 4.90 Å². The zero-order valence-corrected chi connectivity index (χ0v) is 10.8. The molecule has 1 amide bonds. The Balaban J connectivity index is 2.51. The SMILES string of the molecule is COc1cccc(CCN(C)C(=O)C(N)CO)c1. The highest BCUT2D eigenvalue weighted by molar-refractivity contribution is 5.81. The molecule has 0 aliphatic carbocycles. The van der Waals surface area contributed by atoms with Crippen LogP contribution in [0.25, 0.3) is 0 Å². The number of carbonyl (C=O) groups is 1. The van der Waals surface area contributed by atoms with Gasteiger partial charge in [0.05, 0.1) is 13.7 Å². The fourth-order valence-corrected chi connectivity index (χ4v) is 1.60. The molecule has 0 aromatic heterocycles. The third kappa shape index (κ3) is 4.01. The number of methoxy groups -OCH3 is 1. The maximum absolute atomic E-state index is 11.6. The van der Waals surface area contributed by atoms with Crippen LogP contribution in [0, 0.1) is 0 Å². The second-order valence-electron chi connectivity index (χ2n) is 4.15. The van der Waals surface area contributed by atoms with Crippen molar-refractivity contribution >= 4 is 5.91 Å². The van der Waals surface area contributed by atoms with Gasteiger partial charge in [-0.15, -0.1) is 0 Å². The Morgan fingerprint density at radius 2 is 2.28 bits per heavy atom. The van der Waals surface area contributed by atoms with E-state index in [1.807, 2.05) is 24.3 Å². The third-order valence-electron chi connectivity index (χ3n) is 2.76. The maximum Gasteiger partial charge on any atom is 0.241 e. The van der Waals surface area contributed by atoms with Crippen LogP contribution in [0.4, 0.5) is 0 Å². The Labute approximate surface area is 107 Å². The van der Waals surface area contributed by atoms with Gasteiger partial charge >= 0.3 is 0 Å². The predicted molar refractivity (Wildman–Crippen MR) is 69.4 cm³/mol. The van der Waals surface area contributed by atoms with Crippen molar-refractivity contribution in [1.29, 1.82) is 0 Å². The summed E-state index contributed by atoms with van der Waals surface area (Å²) in [4.78, 5) is 13.2. The monoisotopic (exact) mass is 252 g/mol. The summed E-state index contributed by atoms with van der Waals surface area (Å²) in [7, 11) is 3.30. The van der Waals surface area contributed by atoms with Gasteiger partial charge in [0.25, 0.3) is 0 Å². The van der Waals surface area contributed by atoms with Gasteiger partial charge in [-0.2, -0.15) is 0 Å². The smallest absolute Gasteiger partial charge is 0.241 e. The summed E-state index contributed by atoms with van der Waals surface area (Å²) in [6.45, 7) is 0.224. The molecule has 0 aliphatic rings. The molecule has 1 atom stereocenters. The van der Waals surface area contributed by atoms with Crippen LogP contribution in [0.1, 0.15) is 5.56 Å². The largest absolute Gasteiger partial charge is 0.497 e. The van der Waals surface area contributed by atoms with E-state index in [1.54, 1.807) is 14.2 Å². The van der Waals surface area contributed by atoms with Crippen molar-refractivity contribution in [3.63, 3.8) is 0 Å². The molecule has 0 heterocycles. The number of ether oxygens (including phenoxy) is 1. The van der Waals surface area contributed by atoms with Crippen LogP contribution in [-0.2, 0) is 11.2 Å². The number of hydrogen-bond donors (Lipinski definition) is 2. The molecule has 3 N–H and O–H groups in total. The molecular formula is C13H20N2O3. The van der Waals surface area contributed by atoms with Crippen molar-refractivity contribution in [2.24, 2.45) is 5.73 Å². The minimum Gasteiger partial charge on any atom is -0.497 e. The van der Waals surface area contributed by atoms with Crippen LogP contribution in [0.3, 0.4) is 0 Å². The first-order valence-electron chi connectivity index (χ1n) is 5.82. The standard InChI is InChI=1S/C13H20N2O3/c1-15(13(17)12(14)9-16)7-6-10-4-3-5-11(8-10)18-2/h3-5,8,12,16H,6-7,9,14H2,1-2H3. The average Bonchev–Trinajstić information content (AvgIpc) is 2.43. The minimum atomic E-state index is -0.833. The Kier molecular flexibility index (Phi) is 5.61. The highest BCUT2D eigenvalue weighted by Gasteiger charge is 2.16. The molecule has 18 heavy (non-hydrogen) atoms. The number of nitrogens with zero attached hydrogens (tertiary/aromatic N) is 1. The zero-order chi connectivity index (χ0) is 13.5. The highest BCUT2D eigenvalue weighted by Crippen LogP contribution is 2.13. The number of carbonyl (C=O) groups excluding carboxylic acids is 1. The predicted octanol–water partition coefficient (Wildman–Crippen LogP) is 0.0157. The summed E-state index contributed by atoms with van der Waals surface area (Å²) in [6.07, 6.45) is 0.720. The van der Waals surface area contributed by atoms with Crippen molar-refractivity contribution in [2.75, 3.05) is 27.3 Å². The van der Waals surface area contributed by atoms with Crippen LogP contribution < -0.4 is 10.5 Å². The van der Waals surface area contributed by atoms with Crippen LogP contribution in [0.5, 0.6) is 5.75 Å². The van der Waals surface area contributed by atoms with Crippen LogP contribution in [0.2, 0.25) is 0 Å². The molecule has 0 saturated carbocycles. The lowest BCUT2D eigenvalue weighted by Gasteiger charge is -2.20. The normalized spacial score (nSPS) is 12.0. The molecule has 0 radical (unpaired) electrons. The Morgan fingerprint density at radius 3 is 2.89 bits per heavy atom. The van der Waals surface area contributed by atoms with E-state index >= 15 is 0 Å². The Bertz CT molecular complexity index is 396. The number of rotatable bonds is 6. The molecule has 100 valence electrons. The molecule has 0 saturated heterocycles. The van der Waals surface area contributed by atoms with Gasteiger partial charge in [0.15, 0.2) is 0 Å². The molecule has 0 bridgehead atoms. The first-order valence-corrected chi connectivity index (χ1v) is 5.82. The average molecular weight is 252 g/mol. The molecule has 0 spiro atoms. The number of nitrogens with two attached hydrogens (primary N) is 1. The lowest BCUT2D eigenvalue weighted by Crippen LogP contribution is -2.44. The van der Waals surface area contributed by atoms with Crippen molar-refractivity contribution in [3.8, 4) is 5.75 Å². The fraction of sp³-hybridized carbons (Fsp3) is 0.462. The second kappa shape index (κ2) is 6.98. The van der Waals surface area contributed by atoms with E-state index in [0.29, 0.717) is 6.54 Å². The van der Waals surface area contributed by atoms with E-state index in [9.17, 15) is 4.79 Å². The molecule has 1 rings (SSSR count). The van der Waals surface area contributed by atoms with Crippen molar-refractivity contribution < 1.29 is 14.6 Å². The molecule has 0 aliphatic heterocycles. The molecular weight excluding hydrogens is 232 g/mol. The lowest BCUT2D eigenvalue weighted by molar-refractivity contribution is -0.132. The maximum atomic E-state index is 11.6.